The van der Waals surface area contributed by atoms with Crippen LogP contribution in [-0.2, 0) is 6.54 Å². The van der Waals surface area contributed by atoms with E-state index in [1.807, 2.05) is 0 Å². The van der Waals surface area contributed by atoms with Crippen molar-refractivity contribution >= 4 is 12.0 Å². The van der Waals surface area contributed by atoms with E-state index in [0.29, 0.717) is 19.5 Å². The number of hydrogen-bond acceptors (Lipinski definition) is 2. The van der Waals surface area contributed by atoms with E-state index in [1.165, 1.54) is 17.0 Å². The first-order chi connectivity index (χ1) is 9.06. The second-order valence-electron chi connectivity index (χ2n) is 4.49. The zero-order valence-electron chi connectivity index (χ0n) is 10.3. The third-order valence-corrected chi connectivity index (χ3v) is 3.06. The quantitative estimate of drug-likeness (QED) is 0.873. The predicted octanol–water partition coefficient (Wildman–Crippen LogP) is 1.64. The number of carboxylic acids is 1. The van der Waals surface area contributed by atoms with Gasteiger partial charge in [-0.3, -0.25) is 0 Å². The minimum absolute atomic E-state index is 0.143. The van der Waals surface area contributed by atoms with E-state index in [9.17, 15) is 14.0 Å². The first-order valence-electron chi connectivity index (χ1n) is 6.05. The molecule has 102 valence electrons. The minimum atomic E-state index is -0.985. The maximum absolute atomic E-state index is 12.9. The van der Waals surface area contributed by atoms with E-state index in [-0.39, 0.29) is 18.1 Å². The molecule has 19 heavy (non-hydrogen) atoms. The molecule has 1 fully saturated rings. The standard InChI is InChI=1S/C13H15FN2O3/c14-11-5-6-16(8-11)13(19)15-7-9-1-3-10(4-2-9)12(17)18/h1-4,11H,5-8H2,(H,15,19)(H,17,18). The highest BCUT2D eigenvalue weighted by Gasteiger charge is 2.25. The van der Waals surface area contributed by atoms with Crippen molar-refractivity contribution in [2.45, 2.75) is 19.1 Å². The Hall–Kier alpha value is -2.11. The molecule has 1 aromatic carbocycles. The maximum Gasteiger partial charge on any atom is 0.335 e. The lowest BCUT2D eigenvalue weighted by molar-refractivity contribution is 0.0697. The van der Waals surface area contributed by atoms with Gasteiger partial charge >= 0.3 is 12.0 Å². The number of carbonyl (C=O) groups excluding carboxylic acids is 1. The lowest BCUT2D eigenvalue weighted by Crippen LogP contribution is -2.38. The number of carbonyl (C=O) groups is 2. The molecule has 0 saturated carbocycles. The highest BCUT2D eigenvalue weighted by atomic mass is 19.1. The first-order valence-corrected chi connectivity index (χ1v) is 6.05. The fourth-order valence-electron chi connectivity index (χ4n) is 1.96. The summed E-state index contributed by atoms with van der Waals surface area (Å²) >= 11 is 0. The molecule has 5 nitrogen and oxygen atoms in total. The molecular weight excluding hydrogens is 251 g/mol. The molecule has 0 aromatic heterocycles. The van der Waals surface area contributed by atoms with Gasteiger partial charge in [-0.2, -0.15) is 0 Å². The van der Waals surface area contributed by atoms with Gasteiger partial charge in [0.05, 0.1) is 12.1 Å². The number of hydrogen-bond donors (Lipinski definition) is 2. The summed E-state index contributed by atoms with van der Waals surface area (Å²) in [6.45, 7) is 0.876. The van der Waals surface area contributed by atoms with Crippen molar-refractivity contribution in [2.24, 2.45) is 0 Å². The Kier molecular flexibility index (Phi) is 3.99. The molecule has 0 aliphatic carbocycles. The Bertz CT molecular complexity index is 475. The number of urea groups is 1. The van der Waals surface area contributed by atoms with Gasteiger partial charge in [0.25, 0.3) is 0 Å². The Morgan fingerprint density at radius 1 is 1.37 bits per heavy atom. The third kappa shape index (κ3) is 3.43. The monoisotopic (exact) mass is 266 g/mol. The highest BCUT2D eigenvalue weighted by Crippen LogP contribution is 2.12. The molecule has 1 saturated heterocycles. The van der Waals surface area contributed by atoms with Crippen molar-refractivity contribution in [2.75, 3.05) is 13.1 Å². The summed E-state index contributed by atoms with van der Waals surface area (Å²) in [6, 6.07) is 5.97. The molecule has 0 spiro atoms. The van der Waals surface area contributed by atoms with Crippen LogP contribution in [-0.4, -0.2) is 41.3 Å². The largest absolute Gasteiger partial charge is 0.478 e. The van der Waals surface area contributed by atoms with Crippen LogP contribution in [0, 0.1) is 0 Å². The van der Waals surface area contributed by atoms with Crippen LogP contribution in [0.1, 0.15) is 22.3 Å². The summed E-state index contributed by atoms with van der Waals surface area (Å²) in [5.74, 6) is -0.985. The maximum atomic E-state index is 12.9. The van der Waals surface area contributed by atoms with E-state index in [1.54, 1.807) is 12.1 Å². The van der Waals surface area contributed by atoms with Crippen molar-refractivity contribution in [1.29, 1.82) is 0 Å². The lowest BCUT2D eigenvalue weighted by Gasteiger charge is -2.16. The Balaban J connectivity index is 1.85. The summed E-state index contributed by atoms with van der Waals surface area (Å²) in [4.78, 5) is 23.8. The van der Waals surface area contributed by atoms with E-state index in [0.717, 1.165) is 5.56 Å². The summed E-state index contributed by atoms with van der Waals surface area (Å²) in [7, 11) is 0. The van der Waals surface area contributed by atoms with Crippen LogP contribution in [0.5, 0.6) is 0 Å². The number of halogens is 1. The van der Waals surface area contributed by atoms with Crippen LogP contribution < -0.4 is 5.32 Å². The highest BCUT2D eigenvalue weighted by molar-refractivity contribution is 5.87. The SMILES string of the molecule is O=C(O)c1ccc(CNC(=O)N2CCC(F)C2)cc1. The third-order valence-electron chi connectivity index (χ3n) is 3.06. The summed E-state index contributed by atoms with van der Waals surface area (Å²) in [6.07, 6.45) is -0.540. The molecule has 0 radical (unpaired) electrons. The van der Waals surface area contributed by atoms with E-state index in [2.05, 4.69) is 5.32 Å². The molecule has 1 aliphatic heterocycles. The average molecular weight is 266 g/mol. The smallest absolute Gasteiger partial charge is 0.335 e. The van der Waals surface area contributed by atoms with Gasteiger partial charge in [-0.15, -0.1) is 0 Å². The zero-order valence-corrected chi connectivity index (χ0v) is 10.3. The Morgan fingerprint density at radius 3 is 2.58 bits per heavy atom. The number of amides is 2. The van der Waals surface area contributed by atoms with Crippen LogP contribution in [0.25, 0.3) is 0 Å². The van der Waals surface area contributed by atoms with Gasteiger partial charge in [0.2, 0.25) is 0 Å². The van der Waals surface area contributed by atoms with Crippen molar-refractivity contribution in [3.63, 3.8) is 0 Å². The summed E-state index contributed by atoms with van der Waals surface area (Å²) < 4.78 is 12.9. The fraction of sp³-hybridized carbons (Fsp3) is 0.385. The molecule has 1 atom stereocenters. The van der Waals surface area contributed by atoms with Crippen LogP contribution in [0.15, 0.2) is 24.3 Å². The van der Waals surface area contributed by atoms with Gasteiger partial charge in [-0.05, 0) is 24.1 Å². The zero-order chi connectivity index (χ0) is 13.8. The molecular formula is C13H15FN2O3. The van der Waals surface area contributed by atoms with E-state index < -0.39 is 12.1 Å². The molecule has 1 unspecified atom stereocenters. The number of likely N-dealkylation sites (tertiary alicyclic amines) is 1. The molecule has 1 heterocycles. The van der Waals surface area contributed by atoms with Crippen molar-refractivity contribution in [3.8, 4) is 0 Å². The van der Waals surface area contributed by atoms with Gasteiger partial charge in [0.1, 0.15) is 6.17 Å². The van der Waals surface area contributed by atoms with Gasteiger partial charge in [0, 0.05) is 13.1 Å². The molecule has 2 amide bonds. The topological polar surface area (TPSA) is 69.6 Å². The first kappa shape index (κ1) is 13.3. The Morgan fingerprint density at radius 2 is 2.05 bits per heavy atom. The van der Waals surface area contributed by atoms with Crippen LogP contribution in [0.3, 0.4) is 0 Å². The van der Waals surface area contributed by atoms with E-state index in [4.69, 9.17) is 5.11 Å². The van der Waals surface area contributed by atoms with Gasteiger partial charge in [0.15, 0.2) is 0 Å². The van der Waals surface area contributed by atoms with Gasteiger partial charge in [-0.25, -0.2) is 14.0 Å². The van der Waals surface area contributed by atoms with Crippen LogP contribution >= 0.6 is 0 Å². The second kappa shape index (κ2) is 5.69. The number of nitrogens with zero attached hydrogens (tertiary/aromatic N) is 1. The molecule has 0 bridgehead atoms. The van der Waals surface area contributed by atoms with Gasteiger partial charge < -0.3 is 15.3 Å². The second-order valence-corrected chi connectivity index (χ2v) is 4.49. The number of rotatable bonds is 3. The molecule has 6 heteroatoms. The molecule has 2 rings (SSSR count). The fourth-order valence-corrected chi connectivity index (χ4v) is 1.96. The van der Waals surface area contributed by atoms with Crippen molar-refractivity contribution in [1.82, 2.24) is 10.2 Å². The predicted molar refractivity (Wildman–Crippen MR) is 66.7 cm³/mol. The van der Waals surface area contributed by atoms with Crippen LogP contribution in [0.4, 0.5) is 9.18 Å². The van der Waals surface area contributed by atoms with Crippen LogP contribution in [0.2, 0.25) is 0 Å². The van der Waals surface area contributed by atoms with Crippen molar-refractivity contribution < 1.29 is 19.1 Å². The van der Waals surface area contributed by atoms with Gasteiger partial charge in [-0.1, -0.05) is 12.1 Å². The van der Waals surface area contributed by atoms with E-state index >= 15 is 0 Å². The number of alkyl halides is 1. The number of aromatic carboxylic acids is 1. The Labute approximate surface area is 110 Å². The molecule has 1 aliphatic rings. The summed E-state index contributed by atoms with van der Waals surface area (Å²) in [5, 5.41) is 11.4. The van der Waals surface area contributed by atoms with Crippen molar-refractivity contribution in [3.05, 3.63) is 35.4 Å². The normalized spacial score (nSPS) is 18.4. The molecule has 2 N–H and O–H groups in total. The lowest BCUT2D eigenvalue weighted by atomic mass is 10.1. The minimum Gasteiger partial charge on any atom is -0.478 e. The number of carboxylic acid groups (broad SMARTS) is 1. The summed E-state index contributed by atoms with van der Waals surface area (Å²) in [5.41, 5.74) is 1.00. The molecule has 1 aromatic rings. The number of nitrogens with one attached hydrogen (secondary N) is 1. The average Bonchev–Trinajstić information content (AvgIpc) is 2.83. The number of benzene rings is 1.